The predicted octanol–water partition coefficient (Wildman–Crippen LogP) is 5.57. The third-order valence-electron chi connectivity index (χ3n) is 4.38. The molecule has 0 unspecified atom stereocenters. The fraction of sp³-hybridized carbons (Fsp3) is 0.300. The molecule has 0 saturated heterocycles. The van der Waals surface area contributed by atoms with Crippen LogP contribution in [0.5, 0.6) is 0 Å². The largest absolute Gasteiger partial charge is 0.481 e. The topological polar surface area (TPSA) is 55.1 Å². The van der Waals surface area contributed by atoms with Crippen molar-refractivity contribution in [1.29, 1.82) is 0 Å². The molecule has 0 fully saturated rings. The molecule has 0 radical (unpaired) electrons. The summed E-state index contributed by atoms with van der Waals surface area (Å²) in [6.45, 7) is 4.23. The lowest BCUT2D eigenvalue weighted by atomic mass is 9.85. The van der Waals surface area contributed by atoms with Crippen molar-refractivity contribution in [3.8, 4) is 0 Å². The van der Waals surface area contributed by atoms with Crippen LogP contribution in [0.15, 0.2) is 36.4 Å². The number of rotatable bonds is 6. The van der Waals surface area contributed by atoms with E-state index in [1.807, 2.05) is 24.5 Å². The van der Waals surface area contributed by atoms with Gasteiger partial charge in [-0.05, 0) is 35.2 Å². The standard InChI is InChI=1S/C20H19Cl2FN2O2/c1-20(2,10-19(26)27)9-18-24-16-8-13(23)4-6-17(16)25(18)11-12-3-5-14(21)15(22)7-12/h3-8H,9-11H2,1-2H3,(H,26,27). The fourth-order valence-electron chi connectivity index (χ4n) is 3.18. The van der Waals surface area contributed by atoms with E-state index in [1.54, 1.807) is 18.2 Å². The molecule has 142 valence electrons. The smallest absolute Gasteiger partial charge is 0.303 e. The van der Waals surface area contributed by atoms with E-state index < -0.39 is 11.4 Å². The summed E-state index contributed by atoms with van der Waals surface area (Å²) in [6, 6.07) is 9.84. The fourth-order valence-corrected chi connectivity index (χ4v) is 3.51. The second-order valence-corrected chi connectivity index (χ2v) is 8.22. The first kappa shape index (κ1) is 19.6. The number of nitrogens with zero attached hydrogens (tertiary/aromatic N) is 2. The molecule has 0 aliphatic carbocycles. The van der Waals surface area contributed by atoms with Crippen molar-refractivity contribution in [3.05, 3.63) is 63.6 Å². The zero-order chi connectivity index (χ0) is 19.8. The summed E-state index contributed by atoms with van der Waals surface area (Å²) < 4.78 is 15.6. The SMILES string of the molecule is CC(C)(CC(=O)O)Cc1nc2cc(F)ccc2n1Cc1ccc(Cl)c(Cl)c1. The highest BCUT2D eigenvalue weighted by molar-refractivity contribution is 6.42. The Labute approximate surface area is 166 Å². The molecular weight excluding hydrogens is 390 g/mol. The highest BCUT2D eigenvalue weighted by Crippen LogP contribution is 2.29. The Morgan fingerprint density at radius 2 is 1.93 bits per heavy atom. The minimum absolute atomic E-state index is 0.0112. The van der Waals surface area contributed by atoms with Crippen LogP contribution in [0.25, 0.3) is 11.0 Å². The Balaban J connectivity index is 2.05. The van der Waals surface area contributed by atoms with Gasteiger partial charge in [0, 0.05) is 19.0 Å². The van der Waals surface area contributed by atoms with Crippen molar-refractivity contribution >= 4 is 40.2 Å². The number of aliphatic carboxylic acids is 1. The van der Waals surface area contributed by atoms with Gasteiger partial charge in [-0.1, -0.05) is 43.1 Å². The molecule has 3 aromatic rings. The maximum absolute atomic E-state index is 13.7. The van der Waals surface area contributed by atoms with Gasteiger partial charge in [0.15, 0.2) is 0 Å². The molecule has 0 saturated carbocycles. The van der Waals surface area contributed by atoms with Gasteiger partial charge >= 0.3 is 5.97 Å². The number of hydrogen-bond acceptors (Lipinski definition) is 2. The molecule has 0 aliphatic rings. The van der Waals surface area contributed by atoms with E-state index in [2.05, 4.69) is 4.98 Å². The van der Waals surface area contributed by atoms with Crippen molar-refractivity contribution < 1.29 is 14.3 Å². The third-order valence-corrected chi connectivity index (χ3v) is 5.12. The van der Waals surface area contributed by atoms with E-state index in [0.717, 1.165) is 11.1 Å². The minimum Gasteiger partial charge on any atom is -0.481 e. The average molecular weight is 409 g/mol. The predicted molar refractivity (Wildman–Crippen MR) is 105 cm³/mol. The van der Waals surface area contributed by atoms with Gasteiger partial charge in [-0.15, -0.1) is 0 Å². The zero-order valence-corrected chi connectivity index (χ0v) is 16.5. The molecule has 0 amide bonds. The van der Waals surface area contributed by atoms with Crippen molar-refractivity contribution in [2.24, 2.45) is 5.41 Å². The summed E-state index contributed by atoms with van der Waals surface area (Å²) in [7, 11) is 0. The van der Waals surface area contributed by atoms with Gasteiger partial charge in [0.1, 0.15) is 11.6 Å². The Morgan fingerprint density at radius 1 is 1.19 bits per heavy atom. The van der Waals surface area contributed by atoms with Crippen LogP contribution in [-0.4, -0.2) is 20.6 Å². The lowest BCUT2D eigenvalue weighted by Crippen LogP contribution is -2.22. The van der Waals surface area contributed by atoms with Crippen LogP contribution in [0.2, 0.25) is 10.0 Å². The normalized spacial score (nSPS) is 11.9. The highest BCUT2D eigenvalue weighted by atomic mass is 35.5. The second-order valence-electron chi connectivity index (χ2n) is 7.41. The monoisotopic (exact) mass is 408 g/mol. The van der Waals surface area contributed by atoms with Gasteiger partial charge in [0.05, 0.1) is 27.5 Å². The van der Waals surface area contributed by atoms with Crippen LogP contribution < -0.4 is 0 Å². The number of carboxylic acids is 1. The molecule has 2 aromatic carbocycles. The van der Waals surface area contributed by atoms with Crippen LogP contribution in [0.4, 0.5) is 4.39 Å². The number of carboxylic acid groups (broad SMARTS) is 1. The first-order valence-electron chi connectivity index (χ1n) is 8.45. The number of benzene rings is 2. The van der Waals surface area contributed by atoms with Crippen LogP contribution in [0.3, 0.4) is 0 Å². The molecule has 0 spiro atoms. The van der Waals surface area contributed by atoms with Crippen molar-refractivity contribution in [3.63, 3.8) is 0 Å². The Morgan fingerprint density at radius 3 is 2.59 bits per heavy atom. The average Bonchev–Trinajstić information content (AvgIpc) is 2.85. The summed E-state index contributed by atoms with van der Waals surface area (Å²) in [4.78, 5) is 15.7. The number of imidazole rings is 1. The molecule has 0 aliphatic heterocycles. The maximum atomic E-state index is 13.7. The summed E-state index contributed by atoms with van der Waals surface area (Å²) in [5.41, 5.74) is 1.74. The number of hydrogen-bond donors (Lipinski definition) is 1. The minimum atomic E-state index is -0.863. The van der Waals surface area contributed by atoms with Crippen LogP contribution in [0.1, 0.15) is 31.7 Å². The van der Waals surface area contributed by atoms with Gasteiger partial charge in [-0.25, -0.2) is 9.37 Å². The van der Waals surface area contributed by atoms with Gasteiger partial charge in [0.25, 0.3) is 0 Å². The molecule has 0 atom stereocenters. The van der Waals surface area contributed by atoms with E-state index in [9.17, 15) is 9.18 Å². The molecule has 1 heterocycles. The van der Waals surface area contributed by atoms with E-state index >= 15 is 0 Å². The van der Waals surface area contributed by atoms with E-state index in [4.69, 9.17) is 28.3 Å². The lowest BCUT2D eigenvalue weighted by Gasteiger charge is -2.22. The molecule has 0 bridgehead atoms. The molecule has 3 rings (SSSR count). The molecule has 27 heavy (non-hydrogen) atoms. The maximum Gasteiger partial charge on any atom is 0.303 e. The molecule has 1 N–H and O–H groups in total. The van der Waals surface area contributed by atoms with Crippen LogP contribution >= 0.6 is 23.2 Å². The Bertz CT molecular complexity index is 1010. The van der Waals surface area contributed by atoms with E-state index in [1.165, 1.54) is 12.1 Å². The van der Waals surface area contributed by atoms with Gasteiger partial charge < -0.3 is 9.67 Å². The summed E-state index contributed by atoms with van der Waals surface area (Å²) in [5, 5.41) is 10.1. The van der Waals surface area contributed by atoms with Gasteiger partial charge in [-0.2, -0.15) is 0 Å². The molecule has 7 heteroatoms. The molecule has 1 aromatic heterocycles. The lowest BCUT2D eigenvalue weighted by molar-refractivity contribution is -0.139. The number of halogens is 3. The number of fused-ring (bicyclic) bond motifs is 1. The summed E-state index contributed by atoms with van der Waals surface area (Å²) in [5.74, 6) is -0.524. The number of carbonyl (C=O) groups is 1. The van der Waals surface area contributed by atoms with Crippen LogP contribution in [-0.2, 0) is 17.8 Å². The number of aromatic nitrogens is 2. The molecular formula is C20H19Cl2FN2O2. The van der Waals surface area contributed by atoms with Gasteiger partial charge in [0.2, 0.25) is 0 Å². The van der Waals surface area contributed by atoms with E-state index in [-0.39, 0.29) is 12.2 Å². The van der Waals surface area contributed by atoms with Crippen molar-refractivity contribution in [1.82, 2.24) is 9.55 Å². The molecule has 4 nitrogen and oxygen atoms in total. The first-order valence-corrected chi connectivity index (χ1v) is 9.21. The first-order chi connectivity index (χ1) is 12.6. The second kappa shape index (κ2) is 7.49. The zero-order valence-electron chi connectivity index (χ0n) is 15.0. The van der Waals surface area contributed by atoms with Crippen molar-refractivity contribution in [2.75, 3.05) is 0 Å². The highest BCUT2D eigenvalue weighted by Gasteiger charge is 2.26. The van der Waals surface area contributed by atoms with Crippen molar-refractivity contribution in [2.45, 2.75) is 33.2 Å². The quantitative estimate of drug-likeness (QED) is 0.579. The summed E-state index contributed by atoms with van der Waals surface area (Å²) >= 11 is 12.1. The van der Waals surface area contributed by atoms with E-state index in [0.29, 0.717) is 34.4 Å². The van der Waals surface area contributed by atoms with Crippen LogP contribution in [0, 0.1) is 11.2 Å². The Kier molecular flexibility index (Phi) is 5.45. The summed E-state index contributed by atoms with van der Waals surface area (Å²) in [6.07, 6.45) is 0.453. The Hall–Kier alpha value is -2.11. The third kappa shape index (κ3) is 4.60. The van der Waals surface area contributed by atoms with Gasteiger partial charge in [-0.3, -0.25) is 4.79 Å².